The third-order valence-electron chi connectivity index (χ3n) is 7.41. The highest BCUT2D eigenvalue weighted by atomic mass is 16.4. The van der Waals surface area contributed by atoms with Crippen LogP contribution in [0.5, 0.6) is 0 Å². The molecule has 3 aliphatic carbocycles. The molecular weight excluding hydrogens is 324 g/mol. The third kappa shape index (κ3) is 3.83. The summed E-state index contributed by atoms with van der Waals surface area (Å²) in [5.74, 6) is 0.659. The molecule has 0 unspecified atom stereocenters. The van der Waals surface area contributed by atoms with Crippen molar-refractivity contribution in [2.24, 2.45) is 23.2 Å². The summed E-state index contributed by atoms with van der Waals surface area (Å²) < 4.78 is 0. The maximum atomic E-state index is 11.2. The van der Waals surface area contributed by atoms with Crippen molar-refractivity contribution < 1.29 is 15.0 Å². The molecule has 3 aliphatic rings. The van der Waals surface area contributed by atoms with Crippen molar-refractivity contribution in [1.29, 1.82) is 0 Å². The van der Waals surface area contributed by atoms with Crippen LogP contribution < -0.4 is 0 Å². The summed E-state index contributed by atoms with van der Waals surface area (Å²) in [7, 11) is 0. The Kier molecular flexibility index (Phi) is 5.76. The van der Waals surface area contributed by atoms with E-state index in [1.165, 1.54) is 36.0 Å². The Balaban J connectivity index is 1.79. The molecule has 2 N–H and O–H groups in total. The molecule has 3 saturated carbocycles. The number of carboxylic acid groups (broad SMARTS) is 1. The topological polar surface area (TPSA) is 57.5 Å². The summed E-state index contributed by atoms with van der Waals surface area (Å²) in [6.45, 7) is 8.70. The van der Waals surface area contributed by atoms with E-state index >= 15 is 0 Å². The number of allylic oxidation sites excluding steroid dienone is 4. The smallest absolute Gasteiger partial charge is 0.303 e. The van der Waals surface area contributed by atoms with Crippen LogP contribution in [-0.2, 0) is 4.79 Å². The molecule has 3 nitrogen and oxygen atoms in total. The predicted octanol–water partition coefficient (Wildman–Crippen LogP) is 5.27. The summed E-state index contributed by atoms with van der Waals surface area (Å²) >= 11 is 0. The second-order valence-electron chi connectivity index (χ2n) is 9.10. The second kappa shape index (κ2) is 7.72. The summed E-state index contributed by atoms with van der Waals surface area (Å²) in [5, 5.41) is 19.1. The van der Waals surface area contributed by atoms with Crippen molar-refractivity contribution in [2.75, 3.05) is 0 Å². The minimum atomic E-state index is -0.671. The lowest BCUT2D eigenvalue weighted by molar-refractivity contribution is -0.138. The van der Waals surface area contributed by atoms with Crippen molar-refractivity contribution in [3.8, 4) is 0 Å². The number of carboxylic acids is 1. The minimum absolute atomic E-state index is 0.227. The Hall–Kier alpha value is -1.35. The number of aliphatic hydroxyl groups excluding tert-OH is 1. The summed E-state index contributed by atoms with van der Waals surface area (Å²) in [4.78, 5) is 11.2. The summed E-state index contributed by atoms with van der Waals surface area (Å²) in [6, 6.07) is 0. The monoisotopic (exact) mass is 358 g/mol. The molecule has 3 rings (SSSR count). The molecule has 144 valence electrons. The van der Waals surface area contributed by atoms with Gasteiger partial charge in [-0.25, -0.2) is 0 Å². The van der Waals surface area contributed by atoms with Crippen molar-refractivity contribution >= 4 is 5.97 Å². The van der Waals surface area contributed by atoms with Crippen LogP contribution >= 0.6 is 0 Å². The fourth-order valence-electron chi connectivity index (χ4n) is 6.03. The molecule has 5 atom stereocenters. The standard InChI is InChI=1S/C23H34O3/c1-15-6-9-19(24)14-18(15)8-7-17-5-4-12-23(3)20(10-11-21(17)23)16(2)13-22(25)26/h7-8,16,19-21,24H,1,4-6,9-14H2,2-3H3,(H,25,26)/b17-7+,18-8-/t16-,19-,20-,21+,23-/m1/s1. The van der Waals surface area contributed by atoms with Gasteiger partial charge in [-0.2, -0.15) is 0 Å². The first-order chi connectivity index (χ1) is 12.3. The molecule has 0 heterocycles. The van der Waals surface area contributed by atoms with E-state index in [0.29, 0.717) is 11.8 Å². The average molecular weight is 359 g/mol. The zero-order chi connectivity index (χ0) is 18.9. The molecule has 3 heteroatoms. The molecule has 0 aromatic heterocycles. The first kappa shape index (κ1) is 19.4. The molecule has 3 fully saturated rings. The molecule has 0 aliphatic heterocycles. The van der Waals surface area contributed by atoms with E-state index in [4.69, 9.17) is 0 Å². The lowest BCUT2D eigenvalue weighted by Crippen LogP contribution is -2.36. The van der Waals surface area contributed by atoms with Crippen molar-refractivity contribution in [1.82, 2.24) is 0 Å². The average Bonchev–Trinajstić information content (AvgIpc) is 2.92. The van der Waals surface area contributed by atoms with Crippen LogP contribution in [-0.4, -0.2) is 22.3 Å². The normalized spacial score (nSPS) is 39.2. The quantitative estimate of drug-likeness (QED) is 0.720. The van der Waals surface area contributed by atoms with Crippen LogP contribution in [0, 0.1) is 23.2 Å². The summed E-state index contributed by atoms with van der Waals surface area (Å²) in [5.41, 5.74) is 4.15. The summed E-state index contributed by atoms with van der Waals surface area (Å²) in [6.07, 6.45) is 12.9. The van der Waals surface area contributed by atoms with E-state index in [0.717, 1.165) is 32.1 Å². The van der Waals surface area contributed by atoms with Gasteiger partial charge in [-0.3, -0.25) is 4.79 Å². The molecule has 0 bridgehead atoms. The Labute approximate surface area is 157 Å². The van der Waals surface area contributed by atoms with Crippen molar-refractivity contribution in [2.45, 2.75) is 77.7 Å². The molecule has 26 heavy (non-hydrogen) atoms. The number of aliphatic carboxylic acids is 1. The van der Waals surface area contributed by atoms with Gasteiger partial charge in [-0.1, -0.05) is 43.7 Å². The number of hydrogen-bond donors (Lipinski definition) is 2. The largest absolute Gasteiger partial charge is 0.481 e. The van der Waals surface area contributed by atoms with Crippen LogP contribution in [0.1, 0.15) is 71.6 Å². The Morgan fingerprint density at radius 3 is 2.81 bits per heavy atom. The number of rotatable bonds is 4. The third-order valence-corrected chi connectivity index (χ3v) is 7.41. The van der Waals surface area contributed by atoms with E-state index in [2.05, 4.69) is 32.6 Å². The maximum Gasteiger partial charge on any atom is 0.303 e. The fourth-order valence-corrected chi connectivity index (χ4v) is 6.03. The van der Waals surface area contributed by atoms with Crippen LogP contribution in [0.15, 0.2) is 35.5 Å². The van der Waals surface area contributed by atoms with E-state index in [-0.39, 0.29) is 23.9 Å². The highest BCUT2D eigenvalue weighted by molar-refractivity contribution is 5.67. The van der Waals surface area contributed by atoms with Gasteiger partial charge in [0.1, 0.15) is 0 Å². The Bertz CT molecular complexity index is 629. The van der Waals surface area contributed by atoms with Crippen LogP contribution in [0.2, 0.25) is 0 Å². The Morgan fingerprint density at radius 2 is 2.08 bits per heavy atom. The van der Waals surface area contributed by atoms with E-state index < -0.39 is 5.97 Å². The molecule has 0 spiro atoms. The van der Waals surface area contributed by atoms with Gasteiger partial charge in [-0.15, -0.1) is 0 Å². The van der Waals surface area contributed by atoms with Crippen molar-refractivity contribution in [3.05, 3.63) is 35.5 Å². The molecule has 0 saturated heterocycles. The zero-order valence-corrected chi connectivity index (χ0v) is 16.3. The van der Waals surface area contributed by atoms with E-state index in [1.807, 2.05) is 0 Å². The maximum absolute atomic E-state index is 11.2. The number of aliphatic hydroxyl groups is 1. The number of fused-ring (bicyclic) bond motifs is 1. The van der Waals surface area contributed by atoms with Crippen LogP contribution in [0.3, 0.4) is 0 Å². The molecule has 0 aromatic rings. The van der Waals surface area contributed by atoms with Gasteiger partial charge in [0.25, 0.3) is 0 Å². The lowest BCUT2D eigenvalue weighted by Gasteiger charge is -2.44. The first-order valence-corrected chi connectivity index (χ1v) is 10.3. The first-order valence-electron chi connectivity index (χ1n) is 10.3. The van der Waals surface area contributed by atoms with Crippen molar-refractivity contribution in [3.63, 3.8) is 0 Å². The minimum Gasteiger partial charge on any atom is -0.481 e. The van der Waals surface area contributed by atoms with Gasteiger partial charge in [0.2, 0.25) is 0 Å². The van der Waals surface area contributed by atoms with Crippen LogP contribution in [0.25, 0.3) is 0 Å². The number of hydrogen-bond acceptors (Lipinski definition) is 2. The predicted molar refractivity (Wildman–Crippen MR) is 105 cm³/mol. The van der Waals surface area contributed by atoms with Gasteiger partial charge in [0.15, 0.2) is 0 Å². The molecule has 0 radical (unpaired) electrons. The van der Waals surface area contributed by atoms with Crippen LogP contribution in [0.4, 0.5) is 0 Å². The van der Waals surface area contributed by atoms with Gasteiger partial charge in [0, 0.05) is 6.42 Å². The molecule has 0 aromatic carbocycles. The van der Waals surface area contributed by atoms with E-state index in [1.54, 1.807) is 0 Å². The second-order valence-corrected chi connectivity index (χ2v) is 9.10. The molecule has 0 amide bonds. The molecular formula is C23H34O3. The van der Waals surface area contributed by atoms with E-state index in [9.17, 15) is 15.0 Å². The SMILES string of the molecule is C=C1CC[C@@H](O)C/C1=C/C=C1\CCC[C@]2(C)[C@@H]([C@H](C)CC(=O)O)CC[C@@H]12. The highest BCUT2D eigenvalue weighted by Crippen LogP contribution is 2.59. The fraction of sp³-hybridized carbons (Fsp3) is 0.696. The highest BCUT2D eigenvalue weighted by Gasteiger charge is 2.50. The van der Waals surface area contributed by atoms with Gasteiger partial charge in [-0.05, 0) is 80.1 Å². The number of carbonyl (C=O) groups is 1. The Morgan fingerprint density at radius 1 is 1.31 bits per heavy atom. The van der Waals surface area contributed by atoms with Gasteiger partial charge in [0.05, 0.1) is 6.10 Å². The zero-order valence-electron chi connectivity index (χ0n) is 16.3. The van der Waals surface area contributed by atoms with Gasteiger partial charge >= 0.3 is 5.97 Å². The van der Waals surface area contributed by atoms with Gasteiger partial charge < -0.3 is 10.2 Å². The lowest BCUT2D eigenvalue weighted by atomic mass is 9.61.